The molecule has 7 nitrogen and oxygen atoms in total. The van der Waals surface area contributed by atoms with Crippen LogP contribution in [0.2, 0.25) is 0 Å². The van der Waals surface area contributed by atoms with Crippen molar-refractivity contribution < 1.29 is 23.6 Å². The van der Waals surface area contributed by atoms with Crippen LogP contribution in [0.3, 0.4) is 0 Å². The summed E-state index contributed by atoms with van der Waals surface area (Å²) in [6, 6.07) is 5.96. The zero-order valence-electron chi connectivity index (χ0n) is 14.0. The number of piperidine rings is 1. The molecule has 2 aromatic rings. The van der Waals surface area contributed by atoms with Gasteiger partial charge in [-0.25, -0.2) is 4.39 Å². The van der Waals surface area contributed by atoms with Gasteiger partial charge in [-0.2, -0.15) is 4.98 Å². The Balaban J connectivity index is 1.45. The number of likely N-dealkylation sites (tertiary alicyclic amines) is 1. The maximum atomic E-state index is 13.4. The molecule has 4 rings (SSSR count). The highest BCUT2D eigenvalue weighted by atomic mass is 19.1. The smallest absolute Gasteiger partial charge is 0.307 e. The molecule has 0 radical (unpaired) electrons. The van der Waals surface area contributed by atoms with Crippen molar-refractivity contribution in [2.24, 2.45) is 11.8 Å². The maximum absolute atomic E-state index is 13.4. The van der Waals surface area contributed by atoms with E-state index in [-0.39, 0.29) is 17.6 Å². The molecule has 1 aliphatic carbocycles. The molecular formula is C18H18FN3O4. The monoisotopic (exact) mass is 359 g/mol. The summed E-state index contributed by atoms with van der Waals surface area (Å²) in [7, 11) is 0. The first-order chi connectivity index (χ1) is 12.5. The van der Waals surface area contributed by atoms with E-state index < -0.39 is 17.8 Å². The van der Waals surface area contributed by atoms with E-state index >= 15 is 0 Å². The van der Waals surface area contributed by atoms with Gasteiger partial charge >= 0.3 is 5.97 Å². The van der Waals surface area contributed by atoms with Gasteiger partial charge in [-0.05, 0) is 31.4 Å². The lowest BCUT2D eigenvalue weighted by Crippen LogP contribution is -2.40. The van der Waals surface area contributed by atoms with E-state index in [1.54, 1.807) is 17.0 Å². The second-order valence-corrected chi connectivity index (χ2v) is 6.88. The van der Waals surface area contributed by atoms with Gasteiger partial charge in [0, 0.05) is 18.7 Å². The molecule has 0 spiro atoms. The summed E-state index contributed by atoms with van der Waals surface area (Å²) >= 11 is 0. The Bertz CT molecular complexity index is 852. The minimum absolute atomic E-state index is 0.0930. The zero-order chi connectivity index (χ0) is 18.3. The van der Waals surface area contributed by atoms with Gasteiger partial charge in [0.05, 0.1) is 17.8 Å². The third-order valence-electron chi connectivity index (χ3n) is 5.03. The van der Waals surface area contributed by atoms with E-state index in [2.05, 4.69) is 10.1 Å². The minimum atomic E-state index is -0.909. The van der Waals surface area contributed by atoms with Gasteiger partial charge in [0.25, 0.3) is 0 Å². The van der Waals surface area contributed by atoms with E-state index in [0.717, 1.165) is 12.8 Å². The van der Waals surface area contributed by atoms with Crippen LogP contribution in [0.4, 0.5) is 4.39 Å². The van der Waals surface area contributed by atoms with E-state index in [4.69, 9.17) is 9.63 Å². The Morgan fingerprint density at radius 3 is 2.88 bits per heavy atom. The summed E-state index contributed by atoms with van der Waals surface area (Å²) in [6.45, 7) is 1.05. The highest BCUT2D eigenvalue weighted by Crippen LogP contribution is 2.41. The summed E-state index contributed by atoms with van der Waals surface area (Å²) < 4.78 is 18.7. The van der Waals surface area contributed by atoms with Crippen LogP contribution < -0.4 is 0 Å². The van der Waals surface area contributed by atoms with Crippen LogP contribution in [0.15, 0.2) is 28.8 Å². The highest BCUT2D eigenvalue weighted by molar-refractivity contribution is 5.89. The van der Waals surface area contributed by atoms with Gasteiger partial charge in [-0.15, -0.1) is 0 Å². The number of halogens is 1. The Hall–Kier alpha value is -2.77. The van der Waals surface area contributed by atoms with Crippen molar-refractivity contribution in [3.8, 4) is 11.4 Å². The van der Waals surface area contributed by atoms with Crippen molar-refractivity contribution in [1.29, 1.82) is 0 Å². The molecule has 2 aliphatic rings. The van der Waals surface area contributed by atoms with Gasteiger partial charge in [-0.1, -0.05) is 17.3 Å². The highest BCUT2D eigenvalue weighted by Gasteiger charge is 2.50. The van der Waals surface area contributed by atoms with Gasteiger partial charge in [0.15, 0.2) is 0 Å². The number of hydrogen-bond donors (Lipinski definition) is 1. The first-order valence-electron chi connectivity index (χ1n) is 8.64. The number of benzene rings is 1. The van der Waals surface area contributed by atoms with Crippen molar-refractivity contribution >= 4 is 11.9 Å². The molecule has 0 unspecified atom stereocenters. The van der Waals surface area contributed by atoms with Crippen molar-refractivity contribution in [3.63, 3.8) is 0 Å². The quantitative estimate of drug-likeness (QED) is 0.900. The number of rotatable bonds is 4. The third kappa shape index (κ3) is 3.18. The predicted molar refractivity (Wildman–Crippen MR) is 87.5 cm³/mol. The molecule has 1 aromatic heterocycles. The molecular weight excluding hydrogens is 341 g/mol. The van der Waals surface area contributed by atoms with Crippen LogP contribution in [-0.4, -0.2) is 45.1 Å². The standard InChI is InChI=1S/C18H18FN3O4/c19-12-5-1-3-10(7-12)15-20-16(26-21-15)11-4-2-6-22(9-11)17(23)13-8-14(13)18(24)25/h1,3,5,7,11,13-14H,2,4,6,8-9H2,(H,24,25)/t11-,13-,14+/m0/s1. The van der Waals surface area contributed by atoms with Crippen LogP contribution in [0.25, 0.3) is 11.4 Å². The molecule has 3 atom stereocenters. The van der Waals surface area contributed by atoms with Crippen molar-refractivity contribution in [3.05, 3.63) is 36.0 Å². The molecule has 1 aliphatic heterocycles. The molecule has 2 fully saturated rings. The first kappa shape index (κ1) is 16.7. The molecule has 2 heterocycles. The minimum Gasteiger partial charge on any atom is -0.481 e. The molecule has 1 amide bonds. The second kappa shape index (κ2) is 6.51. The number of carbonyl (C=O) groups excluding carboxylic acids is 1. The lowest BCUT2D eigenvalue weighted by molar-refractivity contribution is -0.142. The van der Waals surface area contributed by atoms with Gasteiger partial charge < -0.3 is 14.5 Å². The van der Waals surface area contributed by atoms with Gasteiger partial charge in [0.2, 0.25) is 17.6 Å². The van der Waals surface area contributed by atoms with E-state index in [1.165, 1.54) is 12.1 Å². The average molecular weight is 359 g/mol. The molecule has 1 saturated heterocycles. The fraction of sp³-hybridized carbons (Fsp3) is 0.444. The second-order valence-electron chi connectivity index (χ2n) is 6.88. The molecule has 26 heavy (non-hydrogen) atoms. The Morgan fingerprint density at radius 2 is 2.15 bits per heavy atom. The fourth-order valence-corrected chi connectivity index (χ4v) is 3.50. The summed E-state index contributed by atoms with van der Waals surface area (Å²) in [6.07, 6.45) is 2.01. The molecule has 8 heteroatoms. The van der Waals surface area contributed by atoms with Crippen LogP contribution in [0, 0.1) is 17.7 Å². The van der Waals surface area contributed by atoms with E-state index in [9.17, 15) is 14.0 Å². The number of carboxylic acid groups (broad SMARTS) is 1. The van der Waals surface area contributed by atoms with Crippen LogP contribution >= 0.6 is 0 Å². The van der Waals surface area contributed by atoms with Crippen molar-refractivity contribution in [2.75, 3.05) is 13.1 Å². The van der Waals surface area contributed by atoms with Gasteiger partial charge in [0.1, 0.15) is 5.82 Å². The average Bonchev–Trinajstić information content (AvgIpc) is 3.30. The maximum Gasteiger partial charge on any atom is 0.307 e. The first-order valence-corrected chi connectivity index (χ1v) is 8.64. The Kier molecular flexibility index (Phi) is 4.18. The van der Waals surface area contributed by atoms with Crippen LogP contribution in [-0.2, 0) is 9.59 Å². The number of carbonyl (C=O) groups is 2. The van der Waals surface area contributed by atoms with Gasteiger partial charge in [-0.3, -0.25) is 9.59 Å². The number of carboxylic acids is 1. The normalized spacial score (nSPS) is 25.1. The van der Waals surface area contributed by atoms with E-state index in [0.29, 0.717) is 36.8 Å². The summed E-state index contributed by atoms with van der Waals surface area (Å²) in [5.41, 5.74) is 0.533. The summed E-state index contributed by atoms with van der Waals surface area (Å²) in [5.74, 6) is -1.70. The number of hydrogen-bond acceptors (Lipinski definition) is 5. The largest absolute Gasteiger partial charge is 0.481 e. The Morgan fingerprint density at radius 1 is 1.31 bits per heavy atom. The molecule has 136 valence electrons. The topological polar surface area (TPSA) is 96.5 Å². The molecule has 1 N–H and O–H groups in total. The summed E-state index contributed by atoms with van der Waals surface area (Å²) in [4.78, 5) is 29.5. The number of amides is 1. The van der Waals surface area contributed by atoms with E-state index in [1.807, 2.05) is 0 Å². The molecule has 0 bridgehead atoms. The third-order valence-corrected chi connectivity index (χ3v) is 5.03. The Labute approximate surface area is 148 Å². The predicted octanol–water partition coefficient (Wildman–Crippen LogP) is 2.30. The molecule has 1 aromatic carbocycles. The van der Waals surface area contributed by atoms with Crippen molar-refractivity contribution in [1.82, 2.24) is 15.0 Å². The van der Waals surface area contributed by atoms with Crippen molar-refractivity contribution in [2.45, 2.75) is 25.2 Å². The zero-order valence-corrected chi connectivity index (χ0v) is 14.0. The lowest BCUT2D eigenvalue weighted by atomic mass is 9.97. The number of aliphatic carboxylic acids is 1. The fourth-order valence-electron chi connectivity index (χ4n) is 3.50. The van der Waals surface area contributed by atoms with Crippen LogP contribution in [0.1, 0.15) is 31.1 Å². The number of aromatic nitrogens is 2. The lowest BCUT2D eigenvalue weighted by Gasteiger charge is -2.31. The molecule has 1 saturated carbocycles. The SMILES string of the molecule is O=C(O)[C@@H]1C[C@@H]1C(=O)N1CCC[C@H](c2nc(-c3cccc(F)c3)no2)C1. The van der Waals surface area contributed by atoms with Crippen LogP contribution in [0.5, 0.6) is 0 Å². The number of nitrogens with zero attached hydrogens (tertiary/aromatic N) is 3. The summed E-state index contributed by atoms with van der Waals surface area (Å²) in [5, 5.41) is 12.9.